The SMILES string of the molecule is CCOc1ccccc1NC(=O)c1cnoc1-c1ccc(F)c(F)c1. The summed E-state index contributed by atoms with van der Waals surface area (Å²) in [6.45, 7) is 2.28. The summed E-state index contributed by atoms with van der Waals surface area (Å²) in [5.74, 6) is -1.97. The van der Waals surface area contributed by atoms with Gasteiger partial charge < -0.3 is 14.6 Å². The summed E-state index contributed by atoms with van der Waals surface area (Å²) in [6.07, 6.45) is 1.22. The number of aromatic nitrogens is 1. The second-order valence-electron chi connectivity index (χ2n) is 5.08. The van der Waals surface area contributed by atoms with Crippen molar-refractivity contribution in [2.75, 3.05) is 11.9 Å². The van der Waals surface area contributed by atoms with Gasteiger partial charge in [0, 0.05) is 5.56 Å². The van der Waals surface area contributed by atoms with Crippen LogP contribution < -0.4 is 10.1 Å². The normalized spacial score (nSPS) is 10.5. The van der Waals surface area contributed by atoms with Crippen molar-refractivity contribution in [3.8, 4) is 17.1 Å². The molecule has 0 aliphatic rings. The number of hydrogen-bond donors (Lipinski definition) is 1. The highest BCUT2D eigenvalue weighted by molar-refractivity contribution is 6.08. The molecule has 0 fully saturated rings. The van der Waals surface area contributed by atoms with Crippen LogP contribution in [0.15, 0.2) is 53.2 Å². The Kier molecular flexibility index (Phi) is 4.74. The predicted octanol–water partition coefficient (Wildman–Crippen LogP) is 4.27. The number of benzene rings is 2. The number of carbonyl (C=O) groups excluding carboxylic acids is 1. The number of ether oxygens (including phenoxy) is 1. The molecule has 0 aliphatic heterocycles. The van der Waals surface area contributed by atoms with E-state index >= 15 is 0 Å². The molecule has 0 atom stereocenters. The molecular formula is C18H14F2N2O3. The van der Waals surface area contributed by atoms with Gasteiger partial charge in [-0.15, -0.1) is 0 Å². The molecule has 5 nitrogen and oxygen atoms in total. The van der Waals surface area contributed by atoms with Crippen LogP contribution in [-0.4, -0.2) is 17.7 Å². The van der Waals surface area contributed by atoms with Gasteiger partial charge in [0.15, 0.2) is 17.4 Å². The van der Waals surface area contributed by atoms with Gasteiger partial charge in [-0.3, -0.25) is 4.79 Å². The maximum absolute atomic E-state index is 13.4. The average Bonchev–Trinajstić information content (AvgIpc) is 3.09. The second-order valence-corrected chi connectivity index (χ2v) is 5.08. The van der Waals surface area contributed by atoms with E-state index in [2.05, 4.69) is 10.5 Å². The van der Waals surface area contributed by atoms with Gasteiger partial charge in [-0.25, -0.2) is 8.78 Å². The van der Waals surface area contributed by atoms with Crippen LogP contribution in [0.1, 0.15) is 17.3 Å². The fourth-order valence-electron chi connectivity index (χ4n) is 2.29. The zero-order valence-corrected chi connectivity index (χ0v) is 13.3. The van der Waals surface area contributed by atoms with Crippen LogP contribution in [-0.2, 0) is 0 Å². The molecule has 3 rings (SSSR count). The highest BCUT2D eigenvalue weighted by Crippen LogP contribution is 2.28. The molecule has 1 amide bonds. The molecule has 1 heterocycles. The van der Waals surface area contributed by atoms with Crippen molar-refractivity contribution in [1.82, 2.24) is 5.16 Å². The Balaban J connectivity index is 1.90. The van der Waals surface area contributed by atoms with Crippen LogP contribution in [0.25, 0.3) is 11.3 Å². The topological polar surface area (TPSA) is 64.4 Å². The van der Waals surface area contributed by atoms with E-state index in [1.54, 1.807) is 24.3 Å². The monoisotopic (exact) mass is 344 g/mol. The van der Waals surface area contributed by atoms with Crippen LogP contribution in [0.5, 0.6) is 5.75 Å². The molecule has 1 N–H and O–H groups in total. The maximum Gasteiger partial charge on any atom is 0.261 e. The van der Waals surface area contributed by atoms with Gasteiger partial charge >= 0.3 is 0 Å². The van der Waals surface area contributed by atoms with E-state index in [9.17, 15) is 13.6 Å². The van der Waals surface area contributed by atoms with E-state index < -0.39 is 17.5 Å². The van der Waals surface area contributed by atoms with Crippen LogP contribution >= 0.6 is 0 Å². The smallest absolute Gasteiger partial charge is 0.261 e. The van der Waals surface area contributed by atoms with Crippen molar-refractivity contribution in [2.24, 2.45) is 0 Å². The Hall–Kier alpha value is -3.22. The molecule has 1 aromatic heterocycles. The second kappa shape index (κ2) is 7.12. The number of nitrogens with zero attached hydrogens (tertiary/aromatic N) is 1. The summed E-state index contributed by atoms with van der Waals surface area (Å²) in [5, 5.41) is 6.29. The van der Waals surface area contributed by atoms with Gasteiger partial charge in [0.25, 0.3) is 5.91 Å². The highest BCUT2D eigenvalue weighted by Gasteiger charge is 2.20. The van der Waals surface area contributed by atoms with E-state index in [1.165, 1.54) is 12.3 Å². The quantitative estimate of drug-likeness (QED) is 0.751. The zero-order valence-electron chi connectivity index (χ0n) is 13.3. The molecule has 25 heavy (non-hydrogen) atoms. The van der Waals surface area contributed by atoms with E-state index in [0.29, 0.717) is 18.0 Å². The third-order valence-corrected chi connectivity index (χ3v) is 3.43. The lowest BCUT2D eigenvalue weighted by Crippen LogP contribution is -2.13. The first-order valence-electron chi connectivity index (χ1n) is 7.53. The van der Waals surface area contributed by atoms with Crippen molar-refractivity contribution in [3.05, 3.63) is 65.9 Å². The number of halogens is 2. The molecule has 0 bridgehead atoms. The summed E-state index contributed by atoms with van der Waals surface area (Å²) in [5.41, 5.74) is 0.781. The molecule has 2 aromatic carbocycles. The third kappa shape index (κ3) is 3.50. The fourth-order valence-corrected chi connectivity index (χ4v) is 2.29. The van der Waals surface area contributed by atoms with Crippen molar-refractivity contribution < 1.29 is 22.8 Å². The van der Waals surface area contributed by atoms with Gasteiger partial charge in [0.05, 0.1) is 18.5 Å². The maximum atomic E-state index is 13.4. The first-order chi connectivity index (χ1) is 12.1. The fraction of sp³-hybridized carbons (Fsp3) is 0.111. The highest BCUT2D eigenvalue weighted by atomic mass is 19.2. The number of carbonyl (C=O) groups is 1. The summed E-state index contributed by atoms with van der Waals surface area (Å²) in [7, 11) is 0. The van der Waals surface area contributed by atoms with Crippen LogP contribution in [0.3, 0.4) is 0 Å². The summed E-state index contributed by atoms with van der Waals surface area (Å²) in [6, 6.07) is 10.2. The third-order valence-electron chi connectivity index (χ3n) is 3.43. The van der Waals surface area contributed by atoms with E-state index in [-0.39, 0.29) is 16.9 Å². The minimum absolute atomic E-state index is 0.0466. The predicted molar refractivity (Wildman–Crippen MR) is 87.4 cm³/mol. The molecule has 0 spiro atoms. The molecule has 0 radical (unpaired) electrons. The lowest BCUT2D eigenvalue weighted by Gasteiger charge is -2.11. The molecular weight excluding hydrogens is 330 g/mol. The molecule has 7 heteroatoms. The average molecular weight is 344 g/mol. The van der Waals surface area contributed by atoms with Crippen LogP contribution in [0.4, 0.5) is 14.5 Å². The lowest BCUT2D eigenvalue weighted by molar-refractivity contribution is 0.102. The molecule has 3 aromatic rings. The number of rotatable bonds is 5. The summed E-state index contributed by atoms with van der Waals surface area (Å²) < 4.78 is 37.0. The minimum Gasteiger partial charge on any atom is -0.492 e. The van der Waals surface area contributed by atoms with Crippen molar-refractivity contribution in [3.63, 3.8) is 0 Å². The molecule has 128 valence electrons. The number of hydrogen-bond acceptors (Lipinski definition) is 4. The number of para-hydroxylation sites is 2. The van der Waals surface area contributed by atoms with Crippen LogP contribution in [0, 0.1) is 11.6 Å². The number of anilines is 1. The number of nitrogens with one attached hydrogen (secondary N) is 1. The molecule has 0 unspecified atom stereocenters. The van der Waals surface area contributed by atoms with Gasteiger partial charge in [-0.2, -0.15) is 0 Å². The number of amides is 1. The Morgan fingerprint density at radius 2 is 2.00 bits per heavy atom. The minimum atomic E-state index is -1.04. The van der Waals surface area contributed by atoms with E-state index in [0.717, 1.165) is 12.1 Å². The molecule has 0 aliphatic carbocycles. The van der Waals surface area contributed by atoms with Crippen molar-refractivity contribution in [2.45, 2.75) is 6.92 Å². The largest absolute Gasteiger partial charge is 0.492 e. The van der Waals surface area contributed by atoms with Crippen LogP contribution in [0.2, 0.25) is 0 Å². The van der Waals surface area contributed by atoms with Crippen molar-refractivity contribution in [1.29, 1.82) is 0 Å². The van der Waals surface area contributed by atoms with E-state index in [4.69, 9.17) is 9.26 Å². The van der Waals surface area contributed by atoms with E-state index in [1.807, 2.05) is 6.92 Å². The van der Waals surface area contributed by atoms with Gasteiger partial charge in [0.1, 0.15) is 11.3 Å². The zero-order chi connectivity index (χ0) is 17.8. The molecule has 0 saturated carbocycles. The van der Waals surface area contributed by atoms with Gasteiger partial charge in [-0.05, 0) is 37.3 Å². The Morgan fingerprint density at radius 3 is 2.76 bits per heavy atom. The lowest BCUT2D eigenvalue weighted by atomic mass is 10.1. The standard InChI is InChI=1S/C18H14F2N2O3/c1-2-24-16-6-4-3-5-15(16)22-18(23)12-10-21-25-17(12)11-7-8-13(19)14(20)9-11/h3-10H,2H2,1H3,(H,22,23). The molecule has 0 saturated heterocycles. The Labute approximate surface area is 142 Å². The van der Waals surface area contributed by atoms with Gasteiger partial charge in [0.2, 0.25) is 0 Å². The Morgan fingerprint density at radius 1 is 1.20 bits per heavy atom. The first kappa shape index (κ1) is 16.6. The van der Waals surface area contributed by atoms with Crippen molar-refractivity contribution >= 4 is 11.6 Å². The summed E-state index contributed by atoms with van der Waals surface area (Å²) in [4.78, 5) is 12.5. The van der Waals surface area contributed by atoms with Gasteiger partial charge in [-0.1, -0.05) is 17.3 Å². The Bertz CT molecular complexity index is 909. The summed E-state index contributed by atoms with van der Waals surface area (Å²) >= 11 is 0. The first-order valence-corrected chi connectivity index (χ1v) is 7.53.